The Morgan fingerprint density at radius 2 is 2.00 bits per heavy atom. The van der Waals surface area contributed by atoms with E-state index in [2.05, 4.69) is 10.6 Å². The molecular formula is C20H20N4O4. The lowest BCUT2D eigenvalue weighted by Crippen LogP contribution is -2.11. The van der Waals surface area contributed by atoms with E-state index in [4.69, 9.17) is 5.73 Å². The summed E-state index contributed by atoms with van der Waals surface area (Å²) in [6.07, 6.45) is 1.34. The number of benzene rings is 2. The van der Waals surface area contributed by atoms with E-state index >= 15 is 0 Å². The van der Waals surface area contributed by atoms with Crippen LogP contribution in [0.5, 0.6) is 0 Å². The second-order valence-electron chi connectivity index (χ2n) is 6.57. The fourth-order valence-electron chi connectivity index (χ4n) is 3.18. The van der Waals surface area contributed by atoms with Gasteiger partial charge in [-0.2, -0.15) is 0 Å². The fourth-order valence-corrected chi connectivity index (χ4v) is 3.18. The average molecular weight is 380 g/mol. The first-order valence-electron chi connectivity index (χ1n) is 8.82. The van der Waals surface area contributed by atoms with Gasteiger partial charge in [-0.15, -0.1) is 0 Å². The van der Waals surface area contributed by atoms with Crippen LogP contribution >= 0.6 is 0 Å². The maximum atomic E-state index is 12.6. The molecule has 2 aromatic rings. The van der Waals surface area contributed by atoms with Gasteiger partial charge in [-0.05, 0) is 31.5 Å². The molecule has 0 atom stereocenters. The molecule has 1 aliphatic rings. The van der Waals surface area contributed by atoms with E-state index in [1.807, 2.05) is 6.92 Å². The summed E-state index contributed by atoms with van der Waals surface area (Å²) in [4.78, 5) is 34.8. The van der Waals surface area contributed by atoms with Crippen LogP contribution in [-0.4, -0.2) is 16.7 Å². The van der Waals surface area contributed by atoms with Crippen molar-refractivity contribution in [2.24, 2.45) is 5.73 Å². The topological polar surface area (TPSA) is 127 Å². The quantitative estimate of drug-likeness (QED) is 0.401. The number of nitrogens with one attached hydrogen (secondary N) is 2. The van der Waals surface area contributed by atoms with Crippen LogP contribution in [0.3, 0.4) is 0 Å². The van der Waals surface area contributed by atoms with Crippen molar-refractivity contribution in [2.75, 3.05) is 10.6 Å². The van der Waals surface area contributed by atoms with Gasteiger partial charge < -0.3 is 16.4 Å². The molecule has 0 aliphatic carbocycles. The van der Waals surface area contributed by atoms with Crippen molar-refractivity contribution in [1.29, 1.82) is 0 Å². The van der Waals surface area contributed by atoms with Gasteiger partial charge in [0, 0.05) is 39.8 Å². The molecule has 8 nitrogen and oxygen atoms in total. The largest absolute Gasteiger partial charge is 0.366 e. The fraction of sp³-hybridized carbons (Fsp3) is 0.200. The highest BCUT2D eigenvalue weighted by atomic mass is 16.6. The van der Waals surface area contributed by atoms with Crippen LogP contribution in [0.4, 0.5) is 17.1 Å². The molecule has 1 heterocycles. The summed E-state index contributed by atoms with van der Waals surface area (Å²) >= 11 is 0. The van der Waals surface area contributed by atoms with E-state index in [9.17, 15) is 19.7 Å². The van der Waals surface area contributed by atoms with Crippen molar-refractivity contribution in [3.63, 3.8) is 0 Å². The molecule has 0 aromatic heterocycles. The zero-order chi connectivity index (χ0) is 20.4. The van der Waals surface area contributed by atoms with Crippen molar-refractivity contribution >= 4 is 34.4 Å². The van der Waals surface area contributed by atoms with E-state index in [0.29, 0.717) is 45.8 Å². The minimum absolute atomic E-state index is 0.00761. The van der Waals surface area contributed by atoms with Crippen molar-refractivity contribution in [3.05, 3.63) is 68.9 Å². The third-order valence-electron chi connectivity index (χ3n) is 4.55. The lowest BCUT2D eigenvalue weighted by Gasteiger charge is -2.14. The molecule has 0 unspecified atom stereocenters. The Bertz CT molecular complexity index is 1030. The predicted octanol–water partition coefficient (Wildman–Crippen LogP) is 3.58. The third-order valence-corrected chi connectivity index (χ3v) is 4.55. The molecule has 0 spiro atoms. The van der Waals surface area contributed by atoms with Gasteiger partial charge >= 0.3 is 0 Å². The molecule has 4 N–H and O–H groups in total. The number of allylic oxidation sites excluding steroid dienone is 1. The summed E-state index contributed by atoms with van der Waals surface area (Å²) in [6.45, 7) is 3.65. The smallest absolute Gasteiger partial charge is 0.274 e. The number of rotatable bonds is 6. The van der Waals surface area contributed by atoms with Crippen molar-refractivity contribution in [1.82, 2.24) is 0 Å². The molecule has 0 saturated heterocycles. The van der Waals surface area contributed by atoms with Crippen LogP contribution in [0, 0.1) is 17.0 Å². The number of nitro benzene ring substituents is 1. The molecule has 8 heteroatoms. The number of anilines is 2. The van der Waals surface area contributed by atoms with E-state index in [1.54, 1.807) is 37.3 Å². The van der Waals surface area contributed by atoms with Crippen LogP contribution in [0.25, 0.3) is 5.57 Å². The SMILES string of the molecule is CCC/C(Nc1ccc(C)c([N+](=O)[O-])c1)=C1/C(=O)Nc2cc(C(N)=O)ccc21. The zero-order valence-electron chi connectivity index (χ0n) is 15.5. The second kappa shape index (κ2) is 7.51. The minimum Gasteiger partial charge on any atom is -0.366 e. The summed E-state index contributed by atoms with van der Waals surface area (Å²) in [5.74, 6) is -0.873. The Kier molecular flexibility index (Phi) is 5.12. The normalized spacial score (nSPS) is 14.3. The Hall–Kier alpha value is -3.68. The van der Waals surface area contributed by atoms with Gasteiger partial charge in [0.25, 0.3) is 11.6 Å². The summed E-state index contributed by atoms with van der Waals surface area (Å²) in [7, 11) is 0. The van der Waals surface area contributed by atoms with Crippen molar-refractivity contribution in [2.45, 2.75) is 26.7 Å². The molecule has 2 aromatic carbocycles. The molecule has 3 rings (SSSR count). The summed E-state index contributed by atoms with van der Waals surface area (Å²) in [5, 5.41) is 17.1. The van der Waals surface area contributed by atoms with Gasteiger partial charge in [-0.1, -0.05) is 25.5 Å². The summed E-state index contributed by atoms with van der Waals surface area (Å²) in [6, 6.07) is 9.65. The van der Waals surface area contributed by atoms with Crippen molar-refractivity contribution < 1.29 is 14.5 Å². The number of fused-ring (bicyclic) bond motifs is 1. The molecule has 0 bridgehead atoms. The zero-order valence-corrected chi connectivity index (χ0v) is 15.5. The van der Waals surface area contributed by atoms with E-state index in [1.165, 1.54) is 6.07 Å². The lowest BCUT2D eigenvalue weighted by atomic mass is 10.0. The number of hydrogen-bond acceptors (Lipinski definition) is 5. The van der Waals surface area contributed by atoms with Gasteiger partial charge in [0.05, 0.1) is 10.5 Å². The molecule has 144 valence electrons. The number of nitro groups is 1. The van der Waals surface area contributed by atoms with Crippen LogP contribution in [0.15, 0.2) is 42.1 Å². The van der Waals surface area contributed by atoms with Crippen LogP contribution in [-0.2, 0) is 4.79 Å². The number of carbonyl (C=O) groups is 2. The number of carbonyl (C=O) groups excluding carboxylic acids is 2. The Morgan fingerprint density at radius 3 is 2.64 bits per heavy atom. The Balaban J connectivity index is 2.06. The first-order chi connectivity index (χ1) is 13.3. The minimum atomic E-state index is -0.576. The van der Waals surface area contributed by atoms with Gasteiger partial charge in [0.15, 0.2) is 0 Å². The molecule has 2 amide bonds. The monoisotopic (exact) mass is 380 g/mol. The van der Waals surface area contributed by atoms with Crippen molar-refractivity contribution in [3.8, 4) is 0 Å². The first kappa shape index (κ1) is 19.1. The molecular weight excluding hydrogens is 360 g/mol. The molecule has 0 fully saturated rings. The maximum absolute atomic E-state index is 12.6. The van der Waals surface area contributed by atoms with E-state index in [0.717, 1.165) is 6.42 Å². The molecule has 1 aliphatic heterocycles. The number of nitrogens with two attached hydrogens (primary N) is 1. The highest BCUT2D eigenvalue weighted by molar-refractivity contribution is 6.32. The summed E-state index contributed by atoms with van der Waals surface area (Å²) < 4.78 is 0. The van der Waals surface area contributed by atoms with Crippen LogP contribution in [0.1, 0.15) is 41.3 Å². The number of hydrogen-bond donors (Lipinski definition) is 3. The average Bonchev–Trinajstić information content (AvgIpc) is 2.97. The highest BCUT2D eigenvalue weighted by Gasteiger charge is 2.28. The van der Waals surface area contributed by atoms with Gasteiger partial charge in [-0.25, -0.2) is 0 Å². The molecule has 0 saturated carbocycles. The standard InChI is InChI=1S/C20H20N4O4/c1-3-4-15(22-13-7-5-11(2)17(10-13)24(27)28)18-14-8-6-12(19(21)25)9-16(14)23-20(18)26/h5-10,22H,3-4H2,1-2H3,(H2,21,25)(H,23,26)/b18-15-. The van der Waals surface area contributed by atoms with E-state index in [-0.39, 0.29) is 11.6 Å². The second-order valence-corrected chi connectivity index (χ2v) is 6.57. The summed E-state index contributed by atoms with van der Waals surface area (Å²) in [5.41, 5.74) is 8.99. The van der Waals surface area contributed by atoms with Gasteiger partial charge in [-0.3, -0.25) is 19.7 Å². The van der Waals surface area contributed by atoms with Gasteiger partial charge in [0.2, 0.25) is 5.91 Å². The number of amides is 2. The Morgan fingerprint density at radius 1 is 1.25 bits per heavy atom. The predicted molar refractivity (Wildman–Crippen MR) is 107 cm³/mol. The van der Waals surface area contributed by atoms with Crippen LogP contribution in [0.2, 0.25) is 0 Å². The number of primary amides is 1. The van der Waals surface area contributed by atoms with E-state index < -0.39 is 10.8 Å². The first-order valence-corrected chi connectivity index (χ1v) is 8.82. The number of nitrogens with zero attached hydrogens (tertiary/aromatic N) is 1. The third kappa shape index (κ3) is 3.57. The maximum Gasteiger partial charge on any atom is 0.274 e. The van der Waals surface area contributed by atoms with Gasteiger partial charge in [0.1, 0.15) is 0 Å². The molecule has 0 radical (unpaired) electrons. The lowest BCUT2D eigenvalue weighted by molar-refractivity contribution is -0.385. The highest BCUT2D eigenvalue weighted by Crippen LogP contribution is 2.36. The molecule has 28 heavy (non-hydrogen) atoms. The van der Waals surface area contributed by atoms with Crippen LogP contribution < -0.4 is 16.4 Å². The Labute approximate surface area is 161 Å². The number of aryl methyl sites for hydroxylation is 1.